The molecule has 6 heteroatoms. The SMILES string of the molecule is Cc1cc(B2OC(C)(C)C(C)(C)O2)cnc1ON. The Morgan fingerprint density at radius 3 is 2.22 bits per heavy atom. The Morgan fingerprint density at radius 2 is 1.78 bits per heavy atom. The molecule has 1 aliphatic rings. The Morgan fingerprint density at radius 1 is 1.22 bits per heavy atom. The summed E-state index contributed by atoms with van der Waals surface area (Å²) >= 11 is 0. The van der Waals surface area contributed by atoms with Crippen LogP contribution in [0.15, 0.2) is 12.3 Å². The first-order valence-electron chi connectivity index (χ1n) is 5.96. The Kier molecular flexibility index (Phi) is 3.13. The van der Waals surface area contributed by atoms with Crippen LogP contribution in [0.3, 0.4) is 0 Å². The van der Waals surface area contributed by atoms with Gasteiger partial charge in [-0.3, -0.25) is 0 Å². The fourth-order valence-electron chi connectivity index (χ4n) is 1.82. The van der Waals surface area contributed by atoms with Gasteiger partial charge in [-0.2, -0.15) is 5.90 Å². The zero-order chi connectivity index (χ0) is 13.6. The highest BCUT2D eigenvalue weighted by molar-refractivity contribution is 6.62. The molecule has 2 N–H and O–H groups in total. The van der Waals surface area contributed by atoms with Gasteiger partial charge in [0.05, 0.1) is 11.2 Å². The molecule has 0 radical (unpaired) electrons. The Bertz CT molecular complexity index is 447. The highest BCUT2D eigenvalue weighted by atomic mass is 16.7. The molecule has 1 aromatic heterocycles. The van der Waals surface area contributed by atoms with E-state index in [4.69, 9.17) is 15.2 Å². The molecule has 18 heavy (non-hydrogen) atoms. The number of hydrogen-bond donors (Lipinski definition) is 1. The van der Waals surface area contributed by atoms with Crippen LogP contribution in [0.1, 0.15) is 33.3 Å². The first-order chi connectivity index (χ1) is 8.27. The van der Waals surface area contributed by atoms with Crippen LogP contribution in [-0.4, -0.2) is 23.3 Å². The van der Waals surface area contributed by atoms with Gasteiger partial charge in [-0.15, -0.1) is 0 Å². The van der Waals surface area contributed by atoms with Crippen molar-refractivity contribution in [2.45, 2.75) is 45.8 Å². The average molecular weight is 250 g/mol. The zero-order valence-electron chi connectivity index (χ0n) is 11.5. The minimum atomic E-state index is -0.409. The third kappa shape index (κ3) is 2.11. The second kappa shape index (κ2) is 4.22. The normalized spacial score (nSPS) is 21.1. The number of nitrogens with zero attached hydrogens (tertiary/aromatic N) is 1. The van der Waals surface area contributed by atoms with Gasteiger partial charge in [0, 0.05) is 17.2 Å². The Balaban J connectivity index is 2.27. The van der Waals surface area contributed by atoms with E-state index in [9.17, 15) is 0 Å². The van der Waals surface area contributed by atoms with Crippen molar-refractivity contribution in [1.29, 1.82) is 0 Å². The van der Waals surface area contributed by atoms with Crippen molar-refractivity contribution in [2.24, 2.45) is 5.90 Å². The second-order valence-corrected chi connectivity index (χ2v) is 5.60. The summed E-state index contributed by atoms with van der Waals surface area (Å²) in [5, 5.41) is 0. The van der Waals surface area contributed by atoms with Crippen LogP contribution in [0.4, 0.5) is 0 Å². The molecule has 0 aromatic carbocycles. The third-order valence-electron chi connectivity index (χ3n) is 3.69. The van der Waals surface area contributed by atoms with Gasteiger partial charge < -0.3 is 14.1 Å². The van der Waals surface area contributed by atoms with E-state index in [-0.39, 0.29) is 11.2 Å². The van der Waals surface area contributed by atoms with Gasteiger partial charge in [0.1, 0.15) is 0 Å². The molecule has 0 bridgehead atoms. The van der Waals surface area contributed by atoms with Gasteiger partial charge in [0.25, 0.3) is 0 Å². The molecular formula is C12H19BN2O3. The molecule has 0 saturated carbocycles. The molecular weight excluding hydrogens is 231 g/mol. The maximum atomic E-state index is 5.94. The van der Waals surface area contributed by atoms with E-state index >= 15 is 0 Å². The molecule has 0 atom stereocenters. The highest BCUT2D eigenvalue weighted by Gasteiger charge is 2.51. The van der Waals surface area contributed by atoms with Gasteiger partial charge >= 0.3 is 7.12 Å². The van der Waals surface area contributed by atoms with Crippen LogP contribution in [0.25, 0.3) is 0 Å². The first-order valence-corrected chi connectivity index (χ1v) is 5.96. The largest absolute Gasteiger partial charge is 0.496 e. The monoisotopic (exact) mass is 250 g/mol. The summed E-state index contributed by atoms with van der Waals surface area (Å²) < 4.78 is 11.9. The summed E-state index contributed by atoms with van der Waals surface area (Å²) in [5.41, 5.74) is 1.01. The number of nitrogens with two attached hydrogens (primary N) is 1. The highest BCUT2D eigenvalue weighted by Crippen LogP contribution is 2.36. The summed E-state index contributed by atoms with van der Waals surface area (Å²) in [6.07, 6.45) is 1.66. The second-order valence-electron chi connectivity index (χ2n) is 5.60. The molecule has 98 valence electrons. The molecule has 0 spiro atoms. The van der Waals surface area contributed by atoms with E-state index in [0.717, 1.165) is 11.0 Å². The van der Waals surface area contributed by atoms with Crippen molar-refractivity contribution in [1.82, 2.24) is 4.98 Å². The zero-order valence-corrected chi connectivity index (χ0v) is 11.5. The fourth-order valence-corrected chi connectivity index (χ4v) is 1.82. The van der Waals surface area contributed by atoms with Crippen molar-refractivity contribution in [3.63, 3.8) is 0 Å². The van der Waals surface area contributed by atoms with Crippen molar-refractivity contribution in [3.8, 4) is 5.88 Å². The predicted octanol–water partition coefficient (Wildman–Crippen LogP) is 0.942. The van der Waals surface area contributed by atoms with Crippen LogP contribution in [0.2, 0.25) is 0 Å². The molecule has 0 unspecified atom stereocenters. The van der Waals surface area contributed by atoms with Gasteiger partial charge in [0.15, 0.2) is 0 Å². The van der Waals surface area contributed by atoms with Gasteiger partial charge in [-0.1, -0.05) is 6.07 Å². The standard InChI is InChI=1S/C12H19BN2O3/c1-8-6-9(7-15-10(8)16-14)13-17-11(2,3)12(4,5)18-13/h6-7H,14H2,1-5H3. The summed E-state index contributed by atoms with van der Waals surface area (Å²) in [7, 11) is -0.409. The lowest BCUT2D eigenvalue weighted by Crippen LogP contribution is -2.41. The minimum absolute atomic E-state index is 0.353. The van der Waals surface area contributed by atoms with Crippen LogP contribution in [0, 0.1) is 6.92 Å². The van der Waals surface area contributed by atoms with Crippen molar-refractivity contribution in [2.75, 3.05) is 0 Å². The molecule has 1 aromatic rings. The molecule has 0 amide bonds. The number of rotatable bonds is 2. The molecule has 1 aliphatic heterocycles. The number of aromatic nitrogens is 1. The fraction of sp³-hybridized carbons (Fsp3) is 0.583. The predicted molar refractivity (Wildman–Crippen MR) is 69.5 cm³/mol. The molecule has 2 rings (SSSR count). The van der Waals surface area contributed by atoms with Crippen molar-refractivity contribution < 1.29 is 14.1 Å². The smallest absolute Gasteiger partial charge is 0.399 e. The Labute approximate surface area is 108 Å². The lowest BCUT2D eigenvalue weighted by molar-refractivity contribution is 0.00578. The van der Waals surface area contributed by atoms with Crippen molar-refractivity contribution in [3.05, 3.63) is 17.8 Å². The maximum absolute atomic E-state index is 5.94. The van der Waals surface area contributed by atoms with Crippen LogP contribution in [-0.2, 0) is 9.31 Å². The van der Waals surface area contributed by atoms with Crippen LogP contribution in [0.5, 0.6) is 5.88 Å². The van der Waals surface area contributed by atoms with E-state index < -0.39 is 7.12 Å². The average Bonchev–Trinajstić information content (AvgIpc) is 2.48. The van der Waals surface area contributed by atoms with E-state index in [1.807, 2.05) is 40.7 Å². The molecule has 1 saturated heterocycles. The van der Waals surface area contributed by atoms with Crippen molar-refractivity contribution >= 4 is 12.6 Å². The van der Waals surface area contributed by atoms with Gasteiger partial charge in [-0.05, 0) is 34.6 Å². The summed E-state index contributed by atoms with van der Waals surface area (Å²) in [6, 6.07) is 1.91. The summed E-state index contributed by atoms with van der Waals surface area (Å²) in [5.74, 6) is 5.53. The van der Waals surface area contributed by atoms with E-state index in [1.165, 1.54) is 0 Å². The van der Waals surface area contributed by atoms with Crippen LogP contribution < -0.4 is 16.2 Å². The van der Waals surface area contributed by atoms with Crippen LogP contribution >= 0.6 is 0 Å². The maximum Gasteiger partial charge on any atom is 0.496 e. The number of hydrogen-bond acceptors (Lipinski definition) is 5. The number of aryl methyl sites for hydroxylation is 1. The number of pyridine rings is 1. The van der Waals surface area contributed by atoms with Gasteiger partial charge in [0.2, 0.25) is 5.88 Å². The molecule has 2 heterocycles. The van der Waals surface area contributed by atoms with Gasteiger partial charge in [-0.25, -0.2) is 4.98 Å². The summed E-state index contributed by atoms with van der Waals surface area (Å²) in [4.78, 5) is 8.78. The quantitative estimate of drug-likeness (QED) is 0.625. The topological polar surface area (TPSA) is 66.6 Å². The summed E-state index contributed by atoms with van der Waals surface area (Å²) in [6.45, 7) is 9.95. The first kappa shape index (κ1) is 13.3. The lowest BCUT2D eigenvalue weighted by atomic mass is 9.80. The molecule has 0 aliphatic carbocycles. The van der Waals surface area contributed by atoms with E-state index in [2.05, 4.69) is 9.82 Å². The lowest BCUT2D eigenvalue weighted by Gasteiger charge is -2.32. The van der Waals surface area contributed by atoms with E-state index in [1.54, 1.807) is 6.20 Å². The minimum Gasteiger partial charge on any atom is -0.399 e. The molecule has 1 fully saturated rings. The van der Waals surface area contributed by atoms with E-state index in [0.29, 0.717) is 5.88 Å². The molecule has 5 nitrogen and oxygen atoms in total. The Hall–Kier alpha value is -1.11. The third-order valence-corrected chi connectivity index (χ3v) is 3.69.